The third-order valence-corrected chi connectivity index (χ3v) is 2.96. The van der Waals surface area contributed by atoms with Crippen molar-refractivity contribution in [2.75, 3.05) is 0 Å². The van der Waals surface area contributed by atoms with E-state index in [2.05, 4.69) is 0 Å². The van der Waals surface area contributed by atoms with Gasteiger partial charge in [-0.2, -0.15) is 0 Å². The molecule has 96 valence electrons. The molecule has 17 heavy (non-hydrogen) atoms. The summed E-state index contributed by atoms with van der Waals surface area (Å²) in [6.07, 6.45) is 0.435. The van der Waals surface area contributed by atoms with E-state index >= 15 is 0 Å². The van der Waals surface area contributed by atoms with Crippen LogP contribution in [0.15, 0.2) is 0 Å². The fourth-order valence-corrected chi connectivity index (χ4v) is 2.19. The van der Waals surface area contributed by atoms with Crippen LogP contribution in [0.3, 0.4) is 0 Å². The van der Waals surface area contributed by atoms with Crippen LogP contribution in [-0.2, 0) is 14.4 Å². The van der Waals surface area contributed by atoms with Gasteiger partial charge in [0.1, 0.15) is 6.04 Å². The summed E-state index contributed by atoms with van der Waals surface area (Å²) in [4.78, 5) is 35.9. The van der Waals surface area contributed by atoms with Gasteiger partial charge in [-0.15, -0.1) is 0 Å². The number of carbonyl (C=O) groups is 3. The van der Waals surface area contributed by atoms with Crippen LogP contribution in [0.5, 0.6) is 0 Å². The van der Waals surface area contributed by atoms with E-state index < -0.39 is 12.0 Å². The molecule has 1 heterocycles. The molecule has 1 atom stereocenters. The summed E-state index contributed by atoms with van der Waals surface area (Å²) >= 11 is 0. The molecule has 0 bridgehead atoms. The number of carbonyl (C=O) groups excluding carboxylic acids is 2. The number of nitrogens with zero attached hydrogens (tertiary/aromatic N) is 1. The molecule has 1 unspecified atom stereocenters. The second-order valence-electron chi connectivity index (χ2n) is 5.70. The predicted molar refractivity (Wildman–Crippen MR) is 61.1 cm³/mol. The number of carboxylic acid groups (broad SMARTS) is 1. The fourth-order valence-electron chi connectivity index (χ4n) is 2.19. The van der Waals surface area contributed by atoms with E-state index in [4.69, 9.17) is 5.11 Å². The SMILES string of the molecule is CC(C)C(C(=O)O)N1C(=O)CC(C)(C)CC1=O. The maximum atomic E-state index is 11.9. The molecule has 0 aromatic rings. The summed E-state index contributed by atoms with van der Waals surface area (Å²) in [6.45, 7) is 7.06. The number of hydrogen-bond acceptors (Lipinski definition) is 3. The van der Waals surface area contributed by atoms with Crippen molar-refractivity contribution in [2.24, 2.45) is 11.3 Å². The molecule has 2 amide bonds. The summed E-state index contributed by atoms with van der Waals surface area (Å²) in [5.74, 6) is -2.18. The molecule has 5 nitrogen and oxygen atoms in total. The average Bonchev–Trinajstić information content (AvgIpc) is 2.07. The maximum Gasteiger partial charge on any atom is 0.327 e. The van der Waals surface area contributed by atoms with Crippen LogP contribution in [0.4, 0.5) is 0 Å². The van der Waals surface area contributed by atoms with Crippen LogP contribution in [0, 0.1) is 11.3 Å². The van der Waals surface area contributed by atoms with Gasteiger partial charge in [-0.3, -0.25) is 14.5 Å². The average molecular weight is 241 g/mol. The lowest BCUT2D eigenvalue weighted by Crippen LogP contribution is -2.55. The Labute approximate surface area is 101 Å². The first kappa shape index (κ1) is 13.7. The molecule has 0 aromatic heterocycles. The van der Waals surface area contributed by atoms with Crippen molar-refractivity contribution in [3.05, 3.63) is 0 Å². The first-order chi connectivity index (χ1) is 7.65. The van der Waals surface area contributed by atoms with Gasteiger partial charge in [-0.05, 0) is 11.3 Å². The zero-order valence-corrected chi connectivity index (χ0v) is 10.7. The van der Waals surface area contributed by atoms with Gasteiger partial charge in [0, 0.05) is 12.8 Å². The van der Waals surface area contributed by atoms with Crippen LogP contribution >= 0.6 is 0 Å². The van der Waals surface area contributed by atoms with E-state index in [1.54, 1.807) is 13.8 Å². The van der Waals surface area contributed by atoms with Crippen molar-refractivity contribution in [1.82, 2.24) is 4.90 Å². The fraction of sp³-hybridized carbons (Fsp3) is 0.750. The third kappa shape index (κ3) is 2.84. The van der Waals surface area contributed by atoms with E-state index in [9.17, 15) is 14.4 Å². The van der Waals surface area contributed by atoms with Crippen molar-refractivity contribution < 1.29 is 19.5 Å². The Morgan fingerprint density at radius 3 is 1.94 bits per heavy atom. The van der Waals surface area contributed by atoms with Gasteiger partial charge < -0.3 is 5.11 Å². The number of carboxylic acids is 1. The quantitative estimate of drug-likeness (QED) is 0.755. The highest BCUT2D eigenvalue weighted by Crippen LogP contribution is 2.33. The van der Waals surface area contributed by atoms with Gasteiger partial charge in [0.15, 0.2) is 0 Å². The second kappa shape index (κ2) is 4.47. The minimum atomic E-state index is -1.12. The summed E-state index contributed by atoms with van der Waals surface area (Å²) in [7, 11) is 0. The lowest BCUT2D eigenvalue weighted by Gasteiger charge is -2.38. The second-order valence-corrected chi connectivity index (χ2v) is 5.70. The van der Waals surface area contributed by atoms with E-state index in [0.717, 1.165) is 4.90 Å². The van der Waals surface area contributed by atoms with Crippen LogP contribution in [0.25, 0.3) is 0 Å². The molecule has 0 aliphatic carbocycles. The number of aliphatic carboxylic acids is 1. The molecule has 0 aromatic carbocycles. The van der Waals surface area contributed by atoms with Gasteiger partial charge in [0.2, 0.25) is 11.8 Å². The molecular formula is C12H19NO4. The number of hydrogen-bond donors (Lipinski definition) is 1. The Balaban J connectivity index is 3.01. The topological polar surface area (TPSA) is 74.7 Å². The normalized spacial score (nSPS) is 21.8. The highest BCUT2D eigenvalue weighted by atomic mass is 16.4. The molecule has 0 spiro atoms. The maximum absolute atomic E-state index is 11.9. The molecule has 5 heteroatoms. The Hall–Kier alpha value is -1.39. The summed E-state index contributed by atoms with van der Waals surface area (Å²) < 4.78 is 0. The lowest BCUT2D eigenvalue weighted by atomic mass is 9.80. The Morgan fingerprint density at radius 2 is 1.65 bits per heavy atom. The lowest BCUT2D eigenvalue weighted by molar-refractivity contribution is -0.165. The number of piperidine rings is 1. The smallest absolute Gasteiger partial charge is 0.327 e. The summed E-state index contributed by atoms with van der Waals surface area (Å²) in [5.41, 5.74) is -0.370. The third-order valence-electron chi connectivity index (χ3n) is 2.96. The highest BCUT2D eigenvalue weighted by molar-refractivity contribution is 6.01. The highest BCUT2D eigenvalue weighted by Gasteiger charge is 2.44. The van der Waals surface area contributed by atoms with Crippen LogP contribution in [0.2, 0.25) is 0 Å². The predicted octanol–water partition coefficient (Wildman–Crippen LogP) is 1.27. The number of amides is 2. The van der Waals surface area contributed by atoms with Crippen molar-refractivity contribution in [3.8, 4) is 0 Å². The van der Waals surface area contributed by atoms with Crippen LogP contribution in [0.1, 0.15) is 40.5 Å². The Bertz CT molecular complexity index is 340. The van der Waals surface area contributed by atoms with E-state index in [-0.39, 0.29) is 36.0 Å². The molecule has 1 rings (SSSR count). The van der Waals surface area contributed by atoms with Gasteiger partial charge in [-0.1, -0.05) is 27.7 Å². The van der Waals surface area contributed by atoms with Gasteiger partial charge in [0.25, 0.3) is 0 Å². The van der Waals surface area contributed by atoms with Gasteiger partial charge >= 0.3 is 5.97 Å². The van der Waals surface area contributed by atoms with Crippen molar-refractivity contribution in [3.63, 3.8) is 0 Å². The van der Waals surface area contributed by atoms with Crippen molar-refractivity contribution in [1.29, 1.82) is 0 Å². The minimum absolute atomic E-state index is 0.217. The van der Waals surface area contributed by atoms with E-state index in [0.29, 0.717) is 0 Å². The Morgan fingerprint density at radius 1 is 1.24 bits per heavy atom. The molecule has 1 aliphatic heterocycles. The van der Waals surface area contributed by atoms with Gasteiger partial charge in [0.05, 0.1) is 0 Å². The Kier molecular flexibility index (Phi) is 3.59. The molecule has 0 saturated carbocycles. The number of rotatable bonds is 3. The first-order valence-corrected chi connectivity index (χ1v) is 5.73. The first-order valence-electron chi connectivity index (χ1n) is 5.73. The standard InChI is InChI=1S/C12H19NO4/c1-7(2)10(11(16)17)13-8(14)5-12(3,4)6-9(13)15/h7,10H,5-6H2,1-4H3,(H,16,17). The van der Waals surface area contributed by atoms with Gasteiger partial charge in [-0.25, -0.2) is 4.79 Å². The summed E-state index contributed by atoms with van der Waals surface area (Å²) in [6, 6.07) is -1.05. The van der Waals surface area contributed by atoms with Crippen molar-refractivity contribution >= 4 is 17.8 Å². The molecule has 1 N–H and O–H groups in total. The molecular weight excluding hydrogens is 222 g/mol. The number of likely N-dealkylation sites (tertiary alicyclic amines) is 1. The molecule has 1 saturated heterocycles. The largest absolute Gasteiger partial charge is 0.480 e. The van der Waals surface area contributed by atoms with E-state index in [1.165, 1.54) is 0 Å². The van der Waals surface area contributed by atoms with Crippen LogP contribution < -0.4 is 0 Å². The van der Waals surface area contributed by atoms with E-state index in [1.807, 2.05) is 13.8 Å². The molecule has 1 fully saturated rings. The molecule has 0 radical (unpaired) electrons. The zero-order valence-electron chi connectivity index (χ0n) is 10.7. The number of imide groups is 1. The zero-order chi connectivity index (χ0) is 13.4. The monoisotopic (exact) mass is 241 g/mol. The summed E-state index contributed by atoms with van der Waals surface area (Å²) in [5, 5.41) is 9.12. The molecule has 1 aliphatic rings. The minimum Gasteiger partial charge on any atom is -0.480 e. The van der Waals surface area contributed by atoms with Crippen molar-refractivity contribution in [2.45, 2.75) is 46.6 Å². The van der Waals surface area contributed by atoms with Crippen LogP contribution in [-0.4, -0.2) is 33.8 Å².